The van der Waals surface area contributed by atoms with Crippen molar-refractivity contribution < 1.29 is 23.9 Å². The van der Waals surface area contributed by atoms with Gasteiger partial charge in [0, 0.05) is 23.5 Å². The number of alkyl carbamates (subject to hydrolysis) is 1. The molecule has 8 heteroatoms. The molecule has 1 heterocycles. The molecule has 2 aromatic carbocycles. The van der Waals surface area contributed by atoms with Crippen molar-refractivity contribution >= 4 is 28.9 Å². The lowest BCUT2D eigenvalue weighted by atomic mass is 10.0. The minimum Gasteiger partial charge on any atom is -0.467 e. The maximum absolute atomic E-state index is 13.2. The van der Waals surface area contributed by atoms with Crippen LogP contribution in [0.3, 0.4) is 0 Å². The van der Waals surface area contributed by atoms with Crippen LogP contribution in [0.4, 0.5) is 4.79 Å². The van der Waals surface area contributed by atoms with Crippen LogP contribution in [0.2, 0.25) is 0 Å². The van der Waals surface area contributed by atoms with Gasteiger partial charge in [-0.15, -0.1) is 0 Å². The van der Waals surface area contributed by atoms with Gasteiger partial charge < -0.3 is 25.1 Å². The van der Waals surface area contributed by atoms with Crippen LogP contribution < -0.4 is 10.6 Å². The van der Waals surface area contributed by atoms with E-state index in [-0.39, 0.29) is 18.9 Å². The second-order valence-corrected chi connectivity index (χ2v) is 8.08. The third-order valence-electron chi connectivity index (χ3n) is 5.34. The molecule has 2 atom stereocenters. The number of carbonyl (C=O) groups is 3. The van der Waals surface area contributed by atoms with Crippen molar-refractivity contribution in [1.82, 2.24) is 15.6 Å². The molecule has 0 fully saturated rings. The Balaban J connectivity index is 1.76. The highest BCUT2D eigenvalue weighted by molar-refractivity contribution is 5.91. The van der Waals surface area contributed by atoms with Crippen LogP contribution in [0.25, 0.3) is 10.9 Å². The monoisotopic (exact) mass is 451 g/mol. The number of benzene rings is 2. The molecule has 0 aliphatic carbocycles. The number of nitrogens with one attached hydrogen (secondary N) is 3. The average Bonchev–Trinajstić information content (AvgIpc) is 3.23. The molecule has 2 amide bonds. The van der Waals surface area contributed by atoms with E-state index in [1.165, 1.54) is 7.11 Å². The Morgan fingerprint density at radius 1 is 0.970 bits per heavy atom. The van der Waals surface area contributed by atoms with Crippen molar-refractivity contribution in [3.8, 4) is 0 Å². The summed E-state index contributed by atoms with van der Waals surface area (Å²) in [6.45, 7) is 3.68. The number of carbonyl (C=O) groups excluding carboxylic acids is 3. The van der Waals surface area contributed by atoms with Crippen molar-refractivity contribution in [2.24, 2.45) is 5.92 Å². The number of hydrogen-bond acceptors (Lipinski definition) is 5. The first-order valence-electron chi connectivity index (χ1n) is 10.8. The molecular weight excluding hydrogens is 422 g/mol. The summed E-state index contributed by atoms with van der Waals surface area (Å²) < 4.78 is 10.1. The maximum atomic E-state index is 13.2. The number of methoxy groups -OCH3 is 1. The number of para-hydroxylation sites is 1. The predicted octanol–water partition coefficient (Wildman–Crippen LogP) is 3.32. The van der Waals surface area contributed by atoms with E-state index in [1.807, 2.05) is 60.8 Å². The average molecular weight is 452 g/mol. The first-order valence-corrected chi connectivity index (χ1v) is 10.8. The number of rotatable bonds is 9. The fourth-order valence-electron chi connectivity index (χ4n) is 3.52. The molecule has 3 N–H and O–H groups in total. The van der Waals surface area contributed by atoms with Crippen molar-refractivity contribution in [2.45, 2.75) is 39.0 Å². The third-order valence-corrected chi connectivity index (χ3v) is 5.34. The largest absolute Gasteiger partial charge is 0.467 e. The Morgan fingerprint density at radius 2 is 1.67 bits per heavy atom. The van der Waals surface area contributed by atoms with Crippen molar-refractivity contribution in [3.63, 3.8) is 0 Å². The number of H-pyrrole nitrogens is 1. The molecule has 0 saturated heterocycles. The Bertz CT molecular complexity index is 1090. The molecule has 0 saturated carbocycles. The van der Waals surface area contributed by atoms with Crippen LogP contribution in [-0.4, -0.2) is 42.1 Å². The summed E-state index contributed by atoms with van der Waals surface area (Å²) in [5.41, 5.74) is 2.61. The molecule has 33 heavy (non-hydrogen) atoms. The second kappa shape index (κ2) is 11.2. The highest BCUT2D eigenvalue weighted by Crippen LogP contribution is 2.19. The van der Waals surface area contributed by atoms with Gasteiger partial charge in [-0.25, -0.2) is 9.59 Å². The quantitative estimate of drug-likeness (QED) is 0.433. The van der Waals surface area contributed by atoms with Gasteiger partial charge in [-0.05, 0) is 23.1 Å². The van der Waals surface area contributed by atoms with Crippen LogP contribution in [0, 0.1) is 5.92 Å². The molecular formula is C25H29N3O5. The third kappa shape index (κ3) is 6.35. The summed E-state index contributed by atoms with van der Waals surface area (Å²) >= 11 is 0. The van der Waals surface area contributed by atoms with Gasteiger partial charge in [-0.2, -0.15) is 0 Å². The standard InChI is InChI=1S/C25H29N3O5/c1-16(2)22(24(30)32-3)28-23(29)21(13-18-14-26-20-12-8-7-11-19(18)20)27-25(31)33-15-17-9-5-4-6-10-17/h4-12,14,16,21-22,26H,13,15H2,1-3H3,(H,27,31)(H,28,29)/t21-,22-/m1/s1. The van der Waals surface area contributed by atoms with Crippen molar-refractivity contribution in [1.29, 1.82) is 0 Å². The number of aromatic amines is 1. The van der Waals surface area contributed by atoms with Crippen LogP contribution in [0.5, 0.6) is 0 Å². The topological polar surface area (TPSA) is 110 Å². The first-order chi connectivity index (χ1) is 15.9. The van der Waals surface area contributed by atoms with E-state index in [0.29, 0.717) is 0 Å². The van der Waals surface area contributed by atoms with Gasteiger partial charge in [0.25, 0.3) is 0 Å². The molecule has 8 nitrogen and oxygen atoms in total. The smallest absolute Gasteiger partial charge is 0.408 e. The summed E-state index contributed by atoms with van der Waals surface area (Å²) in [4.78, 5) is 41.0. The maximum Gasteiger partial charge on any atom is 0.408 e. The van der Waals surface area contributed by atoms with Gasteiger partial charge in [0.05, 0.1) is 7.11 Å². The van der Waals surface area contributed by atoms with Gasteiger partial charge in [-0.3, -0.25) is 4.79 Å². The number of hydrogen-bond donors (Lipinski definition) is 3. The van der Waals surface area contributed by atoms with Crippen LogP contribution in [-0.2, 0) is 32.1 Å². The lowest BCUT2D eigenvalue weighted by Crippen LogP contribution is -2.54. The number of fused-ring (bicyclic) bond motifs is 1. The highest BCUT2D eigenvalue weighted by Gasteiger charge is 2.30. The second-order valence-electron chi connectivity index (χ2n) is 8.08. The van der Waals surface area contributed by atoms with E-state index in [1.54, 1.807) is 13.8 Å². The number of amides is 2. The minimum atomic E-state index is -0.960. The van der Waals surface area contributed by atoms with E-state index in [4.69, 9.17) is 9.47 Å². The molecule has 0 aliphatic rings. The van der Waals surface area contributed by atoms with Crippen molar-refractivity contribution in [3.05, 3.63) is 71.9 Å². The van der Waals surface area contributed by atoms with Gasteiger partial charge >= 0.3 is 12.1 Å². The van der Waals surface area contributed by atoms with Crippen LogP contribution in [0.15, 0.2) is 60.8 Å². The molecule has 0 bridgehead atoms. The summed E-state index contributed by atoms with van der Waals surface area (Å²) in [7, 11) is 1.27. The van der Waals surface area contributed by atoms with Gasteiger partial charge in [-0.1, -0.05) is 62.4 Å². The molecule has 3 aromatic rings. The first kappa shape index (κ1) is 23.8. The van der Waals surface area contributed by atoms with Crippen LogP contribution >= 0.6 is 0 Å². The Hall–Kier alpha value is -3.81. The van der Waals surface area contributed by atoms with Gasteiger partial charge in [0.1, 0.15) is 18.7 Å². The fourth-order valence-corrected chi connectivity index (χ4v) is 3.52. The molecule has 0 aliphatic heterocycles. The number of ether oxygens (including phenoxy) is 2. The number of esters is 1. The molecule has 0 radical (unpaired) electrons. The summed E-state index contributed by atoms with van der Waals surface area (Å²) in [5, 5.41) is 6.31. The highest BCUT2D eigenvalue weighted by atomic mass is 16.5. The zero-order valence-electron chi connectivity index (χ0n) is 19.0. The Morgan fingerprint density at radius 3 is 2.36 bits per heavy atom. The zero-order chi connectivity index (χ0) is 23.8. The van der Waals surface area contributed by atoms with Crippen LogP contribution in [0.1, 0.15) is 25.0 Å². The van der Waals surface area contributed by atoms with E-state index in [0.717, 1.165) is 22.0 Å². The molecule has 0 spiro atoms. The summed E-state index contributed by atoms with van der Waals surface area (Å²) in [6, 6.07) is 15.1. The van der Waals surface area contributed by atoms with E-state index >= 15 is 0 Å². The number of aromatic nitrogens is 1. The SMILES string of the molecule is COC(=O)[C@H](NC(=O)[C@@H](Cc1c[nH]c2ccccc12)NC(=O)OCc1ccccc1)C(C)C. The molecule has 0 unspecified atom stereocenters. The lowest BCUT2D eigenvalue weighted by Gasteiger charge is -2.24. The molecule has 1 aromatic heterocycles. The predicted molar refractivity (Wildman–Crippen MR) is 124 cm³/mol. The zero-order valence-corrected chi connectivity index (χ0v) is 19.0. The van der Waals surface area contributed by atoms with E-state index in [2.05, 4.69) is 15.6 Å². The Kier molecular flexibility index (Phi) is 8.07. The summed E-state index contributed by atoms with van der Waals surface area (Å²) in [6.07, 6.45) is 1.29. The van der Waals surface area contributed by atoms with E-state index < -0.39 is 30.1 Å². The lowest BCUT2D eigenvalue weighted by molar-refractivity contribution is -0.146. The molecule has 3 rings (SSSR count). The Labute approximate surface area is 192 Å². The fraction of sp³-hybridized carbons (Fsp3) is 0.320. The van der Waals surface area contributed by atoms with E-state index in [9.17, 15) is 14.4 Å². The summed E-state index contributed by atoms with van der Waals surface area (Å²) in [5.74, 6) is -1.24. The van der Waals surface area contributed by atoms with Crippen molar-refractivity contribution in [2.75, 3.05) is 7.11 Å². The normalized spacial score (nSPS) is 12.7. The van der Waals surface area contributed by atoms with Gasteiger partial charge in [0.15, 0.2) is 0 Å². The molecule has 174 valence electrons. The minimum absolute atomic E-state index is 0.0743. The van der Waals surface area contributed by atoms with Gasteiger partial charge in [0.2, 0.25) is 5.91 Å².